The highest BCUT2D eigenvalue weighted by atomic mass is 14.7. The van der Waals surface area contributed by atoms with Gasteiger partial charge in [0.05, 0.1) is 5.56 Å². The van der Waals surface area contributed by atoms with E-state index in [1.165, 1.54) is 36.8 Å². The highest BCUT2D eigenvalue weighted by Gasteiger charge is 2.15. The van der Waals surface area contributed by atoms with Crippen LogP contribution in [0.5, 0.6) is 0 Å². The lowest BCUT2D eigenvalue weighted by Gasteiger charge is -2.21. The summed E-state index contributed by atoms with van der Waals surface area (Å²) in [6.07, 6.45) is 12.4. The van der Waals surface area contributed by atoms with Crippen LogP contribution in [-0.2, 0) is 0 Å². The normalized spacial score (nSPS) is 17.0. The third-order valence-corrected chi connectivity index (χ3v) is 4.37. The van der Waals surface area contributed by atoms with E-state index in [4.69, 9.17) is 5.26 Å². The molecule has 1 unspecified atom stereocenters. The van der Waals surface area contributed by atoms with Gasteiger partial charge in [0.25, 0.3) is 0 Å². The van der Waals surface area contributed by atoms with Crippen LogP contribution in [0.1, 0.15) is 62.8 Å². The summed E-state index contributed by atoms with van der Waals surface area (Å²) in [6.45, 7) is 6.54. The summed E-state index contributed by atoms with van der Waals surface area (Å²) in [6, 6.07) is 4.14. The van der Waals surface area contributed by atoms with Crippen LogP contribution >= 0.6 is 0 Å². The van der Waals surface area contributed by atoms with Crippen molar-refractivity contribution in [1.82, 2.24) is 4.98 Å². The Morgan fingerprint density at radius 2 is 2.29 bits per heavy atom. The summed E-state index contributed by atoms with van der Waals surface area (Å²) in [5.74, 6) is 0.541. The first-order valence-corrected chi connectivity index (χ1v) is 7.93. The van der Waals surface area contributed by atoms with Gasteiger partial charge in [0.2, 0.25) is 0 Å². The van der Waals surface area contributed by atoms with Gasteiger partial charge in [0, 0.05) is 11.9 Å². The van der Waals surface area contributed by atoms with Crippen molar-refractivity contribution in [2.45, 2.75) is 52.9 Å². The van der Waals surface area contributed by atoms with E-state index in [0.29, 0.717) is 11.5 Å². The Kier molecular flexibility index (Phi) is 5.33. The predicted octanol–water partition coefficient (Wildman–Crippen LogP) is 5.19. The van der Waals surface area contributed by atoms with Crippen LogP contribution in [0.2, 0.25) is 0 Å². The highest BCUT2D eigenvalue weighted by molar-refractivity contribution is 5.62. The molecule has 110 valence electrons. The standard InChI is InChI=1S/C19H24N2/c1-4-14(2)19(17-8-6-5-7-9-17)11-18-10-16(12-20)13-21-15(18)3/h8,10-11,13-14H,4-7,9H2,1-3H3/b19-11+. The summed E-state index contributed by atoms with van der Waals surface area (Å²) in [5.41, 5.74) is 5.63. The van der Waals surface area contributed by atoms with Crippen LogP contribution in [0.25, 0.3) is 6.08 Å². The summed E-state index contributed by atoms with van der Waals surface area (Å²) in [7, 11) is 0. The molecule has 21 heavy (non-hydrogen) atoms. The maximum Gasteiger partial charge on any atom is 0.101 e. The Morgan fingerprint density at radius 1 is 1.48 bits per heavy atom. The van der Waals surface area contributed by atoms with Crippen molar-refractivity contribution >= 4 is 6.08 Å². The van der Waals surface area contributed by atoms with E-state index < -0.39 is 0 Å². The van der Waals surface area contributed by atoms with Crippen LogP contribution in [0.3, 0.4) is 0 Å². The van der Waals surface area contributed by atoms with Crippen LogP contribution in [0.15, 0.2) is 29.5 Å². The zero-order chi connectivity index (χ0) is 15.2. The quantitative estimate of drug-likeness (QED) is 0.760. The Morgan fingerprint density at radius 3 is 2.90 bits per heavy atom. The first kappa shape index (κ1) is 15.5. The van der Waals surface area contributed by atoms with Gasteiger partial charge in [-0.1, -0.05) is 19.9 Å². The van der Waals surface area contributed by atoms with Crippen molar-refractivity contribution in [2.24, 2.45) is 5.92 Å². The van der Waals surface area contributed by atoms with Gasteiger partial charge >= 0.3 is 0 Å². The smallest absolute Gasteiger partial charge is 0.101 e. The monoisotopic (exact) mass is 280 g/mol. The molecule has 1 aliphatic carbocycles. The molecular weight excluding hydrogens is 256 g/mol. The van der Waals surface area contributed by atoms with Crippen LogP contribution < -0.4 is 0 Å². The number of nitrogens with zero attached hydrogens (tertiary/aromatic N) is 2. The van der Waals surface area contributed by atoms with Gasteiger partial charge in [0.15, 0.2) is 0 Å². The Hall–Kier alpha value is -1.88. The lowest BCUT2D eigenvalue weighted by molar-refractivity contribution is 0.633. The van der Waals surface area contributed by atoms with Gasteiger partial charge in [-0.15, -0.1) is 0 Å². The molecule has 0 amide bonds. The minimum atomic E-state index is 0.541. The molecule has 2 heteroatoms. The van der Waals surface area contributed by atoms with Gasteiger partial charge in [0.1, 0.15) is 6.07 Å². The third-order valence-electron chi connectivity index (χ3n) is 4.37. The highest BCUT2D eigenvalue weighted by Crippen LogP contribution is 2.32. The second-order valence-electron chi connectivity index (χ2n) is 5.89. The van der Waals surface area contributed by atoms with Crippen molar-refractivity contribution in [3.8, 4) is 6.07 Å². The number of hydrogen-bond donors (Lipinski definition) is 0. The summed E-state index contributed by atoms with van der Waals surface area (Å²) < 4.78 is 0. The van der Waals surface area contributed by atoms with E-state index in [9.17, 15) is 0 Å². The second kappa shape index (κ2) is 7.22. The molecule has 2 rings (SSSR count). The van der Waals surface area contributed by atoms with Crippen LogP contribution in [0, 0.1) is 24.2 Å². The molecular formula is C19H24N2. The topological polar surface area (TPSA) is 36.7 Å². The van der Waals surface area contributed by atoms with E-state index in [0.717, 1.165) is 17.7 Å². The van der Waals surface area contributed by atoms with Crippen molar-refractivity contribution in [3.63, 3.8) is 0 Å². The number of aryl methyl sites for hydroxylation is 1. The zero-order valence-corrected chi connectivity index (χ0v) is 13.3. The van der Waals surface area contributed by atoms with E-state index in [1.54, 1.807) is 6.20 Å². The zero-order valence-electron chi connectivity index (χ0n) is 13.3. The van der Waals surface area contributed by atoms with E-state index in [2.05, 4.69) is 37.1 Å². The maximum absolute atomic E-state index is 9.07. The van der Waals surface area contributed by atoms with E-state index >= 15 is 0 Å². The number of pyridine rings is 1. The molecule has 0 bridgehead atoms. The Bertz CT molecular complexity index is 602. The molecule has 0 spiro atoms. The first-order valence-electron chi connectivity index (χ1n) is 7.93. The van der Waals surface area contributed by atoms with Gasteiger partial charge in [-0.25, -0.2) is 0 Å². The number of nitriles is 1. The SMILES string of the molecule is CCC(C)/C(=C\c1cc(C#N)cnc1C)C1=CCCCC1. The molecule has 0 aliphatic heterocycles. The molecule has 1 aromatic heterocycles. The third kappa shape index (κ3) is 3.82. The number of allylic oxidation sites excluding steroid dienone is 3. The molecule has 0 aromatic carbocycles. The van der Waals surface area contributed by atoms with Gasteiger partial charge in [-0.2, -0.15) is 5.26 Å². The minimum absolute atomic E-state index is 0.541. The molecule has 0 saturated heterocycles. The van der Waals surface area contributed by atoms with Crippen molar-refractivity contribution in [2.75, 3.05) is 0 Å². The summed E-state index contributed by atoms with van der Waals surface area (Å²) in [4.78, 5) is 4.35. The second-order valence-corrected chi connectivity index (χ2v) is 5.89. The summed E-state index contributed by atoms with van der Waals surface area (Å²) in [5, 5.41) is 9.07. The molecule has 1 heterocycles. The lowest BCUT2D eigenvalue weighted by Crippen LogP contribution is -2.05. The molecule has 0 saturated carbocycles. The fourth-order valence-corrected chi connectivity index (χ4v) is 2.80. The molecule has 1 aliphatic rings. The molecule has 2 nitrogen and oxygen atoms in total. The number of hydrogen-bond acceptors (Lipinski definition) is 2. The van der Waals surface area contributed by atoms with Crippen molar-refractivity contribution < 1.29 is 0 Å². The largest absolute Gasteiger partial charge is 0.260 e. The molecule has 0 N–H and O–H groups in total. The molecule has 1 aromatic rings. The van der Waals surface area contributed by atoms with Gasteiger partial charge in [-0.05, 0) is 73.8 Å². The summed E-state index contributed by atoms with van der Waals surface area (Å²) >= 11 is 0. The van der Waals surface area contributed by atoms with Gasteiger partial charge in [-0.3, -0.25) is 4.98 Å². The van der Waals surface area contributed by atoms with Gasteiger partial charge < -0.3 is 0 Å². The van der Waals surface area contributed by atoms with Crippen LogP contribution in [0.4, 0.5) is 0 Å². The van der Waals surface area contributed by atoms with Crippen LogP contribution in [-0.4, -0.2) is 4.98 Å². The molecule has 0 fully saturated rings. The minimum Gasteiger partial charge on any atom is -0.260 e. The van der Waals surface area contributed by atoms with Crippen molar-refractivity contribution in [3.05, 3.63) is 46.3 Å². The maximum atomic E-state index is 9.07. The number of aromatic nitrogens is 1. The fourth-order valence-electron chi connectivity index (χ4n) is 2.80. The Labute approximate surface area is 128 Å². The predicted molar refractivity (Wildman–Crippen MR) is 87.7 cm³/mol. The van der Waals surface area contributed by atoms with E-state index in [-0.39, 0.29) is 0 Å². The average molecular weight is 280 g/mol. The van der Waals surface area contributed by atoms with E-state index in [1.807, 2.05) is 13.0 Å². The Balaban J connectivity index is 2.45. The average Bonchev–Trinajstić information content (AvgIpc) is 2.54. The fraction of sp³-hybridized carbons (Fsp3) is 0.474. The molecule has 0 radical (unpaired) electrons. The first-order chi connectivity index (χ1) is 10.2. The van der Waals surface area contributed by atoms with Crippen molar-refractivity contribution in [1.29, 1.82) is 5.26 Å². The lowest BCUT2D eigenvalue weighted by atomic mass is 9.84. The number of rotatable bonds is 4. The molecule has 1 atom stereocenters.